The average molecular weight is 525 g/mol. The van der Waals surface area contributed by atoms with Crippen molar-refractivity contribution in [1.82, 2.24) is 19.9 Å². The van der Waals surface area contributed by atoms with Gasteiger partial charge in [-0.05, 0) is 74.1 Å². The molecule has 0 radical (unpaired) electrons. The van der Waals surface area contributed by atoms with Gasteiger partial charge in [-0.1, -0.05) is 6.07 Å². The number of carbonyl (C=O) groups excluding carboxylic acids is 1. The minimum atomic E-state index is -4.60. The lowest BCUT2D eigenvalue weighted by atomic mass is 9.91. The number of carbonyl (C=O) groups is 1. The largest absolute Gasteiger partial charge is 0.444 e. The number of halogens is 3. The zero-order valence-corrected chi connectivity index (χ0v) is 21.2. The van der Waals surface area contributed by atoms with Gasteiger partial charge in [0, 0.05) is 37.4 Å². The molecule has 3 aromatic rings. The molecule has 1 N–H and O–H groups in total. The minimum Gasteiger partial charge on any atom is -0.444 e. The second-order valence-electron chi connectivity index (χ2n) is 10.9. The number of nitrogens with zero attached hydrogens (tertiary/aromatic N) is 5. The topological polar surface area (TPSA) is 83.5 Å². The van der Waals surface area contributed by atoms with Crippen LogP contribution in [0.3, 0.4) is 0 Å². The Kier molecular flexibility index (Phi) is 5.51. The molecule has 6 rings (SSSR count). The maximum Gasteiger partial charge on any atom is 0.421 e. The average Bonchev–Trinajstić information content (AvgIpc) is 3.54. The number of aromatic nitrogens is 3. The number of nitrogens with one attached hydrogen (secondary N) is 1. The first kappa shape index (κ1) is 24.4. The molecule has 8 nitrogen and oxygen atoms in total. The van der Waals surface area contributed by atoms with Crippen LogP contribution >= 0.6 is 0 Å². The summed E-state index contributed by atoms with van der Waals surface area (Å²) < 4.78 is 47.2. The van der Waals surface area contributed by atoms with Crippen LogP contribution in [-0.2, 0) is 24.0 Å². The van der Waals surface area contributed by atoms with E-state index < -0.39 is 17.3 Å². The van der Waals surface area contributed by atoms with Gasteiger partial charge in [-0.15, -0.1) is 0 Å². The summed E-state index contributed by atoms with van der Waals surface area (Å²) in [4.78, 5) is 28.6. The molecule has 3 aliphatic rings. The SMILES string of the molecule is CC(C)(C)OC(=O)N1C2CCC1c1cc(Nc3ncc(C(F)(F)F)c(N4Cc5ccncc5C4)n3)ccc12. The van der Waals surface area contributed by atoms with Crippen molar-refractivity contribution < 1.29 is 22.7 Å². The van der Waals surface area contributed by atoms with Gasteiger partial charge in [-0.2, -0.15) is 18.2 Å². The molecule has 0 aliphatic carbocycles. The van der Waals surface area contributed by atoms with Gasteiger partial charge in [0.15, 0.2) is 0 Å². The molecular weight excluding hydrogens is 497 g/mol. The summed E-state index contributed by atoms with van der Waals surface area (Å²) in [6.07, 6.45) is 0.874. The van der Waals surface area contributed by atoms with Crippen molar-refractivity contribution >= 4 is 23.5 Å². The van der Waals surface area contributed by atoms with Crippen LogP contribution in [0.5, 0.6) is 0 Å². The van der Waals surface area contributed by atoms with E-state index in [2.05, 4.69) is 20.3 Å². The highest BCUT2D eigenvalue weighted by molar-refractivity contribution is 5.73. The second kappa shape index (κ2) is 8.57. The molecule has 11 heteroatoms. The summed E-state index contributed by atoms with van der Waals surface area (Å²) >= 11 is 0. The summed E-state index contributed by atoms with van der Waals surface area (Å²) in [7, 11) is 0. The van der Waals surface area contributed by atoms with Gasteiger partial charge in [0.05, 0.1) is 12.1 Å². The van der Waals surface area contributed by atoms with Crippen LogP contribution in [0.25, 0.3) is 0 Å². The van der Waals surface area contributed by atoms with Crippen molar-refractivity contribution in [2.45, 2.75) is 70.6 Å². The van der Waals surface area contributed by atoms with Crippen molar-refractivity contribution in [1.29, 1.82) is 0 Å². The van der Waals surface area contributed by atoms with E-state index in [1.54, 1.807) is 22.2 Å². The molecule has 1 saturated heterocycles. The van der Waals surface area contributed by atoms with Crippen molar-refractivity contribution in [3.05, 3.63) is 70.7 Å². The minimum absolute atomic E-state index is 0.0425. The van der Waals surface area contributed by atoms with Crippen molar-refractivity contribution in [3.63, 3.8) is 0 Å². The number of ether oxygens (including phenoxy) is 1. The maximum absolute atomic E-state index is 13.8. The number of rotatable bonds is 3. The molecule has 2 atom stereocenters. The molecule has 38 heavy (non-hydrogen) atoms. The zero-order valence-electron chi connectivity index (χ0n) is 21.2. The molecule has 1 fully saturated rings. The molecule has 0 saturated carbocycles. The fourth-order valence-corrected chi connectivity index (χ4v) is 5.61. The number of pyridine rings is 1. The van der Waals surface area contributed by atoms with Crippen molar-refractivity contribution in [2.24, 2.45) is 0 Å². The monoisotopic (exact) mass is 524 g/mol. The van der Waals surface area contributed by atoms with E-state index >= 15 is 0 Å². The first-order chi connectivity index (χ1) is 18.0. The summed E-state index contributed by atoms with van der Waals surface area (Å²) in [6, 6.07) is 7.38. The number of hydrogen-bond donors (Lipinski definition) is 1. The first-order valence-electron chi connectivity index (χ1n) is 12.5. The third kappa shape index (κ3) is 4.29. The zero-order chi connectivity index (χ0) is 26.8. The standard InChI is InChI=1S/C27H27F3N6O2/c1-26(2,3)38-25(37)36-21-6-7-22(36)19-10-17(4-5-18(19)21)33-24-32-12-20(27(28,29)30)23(34-24)35-13-15-8-9-31-11-16(15)14-35/h4-5,8-12,21-22H,6-7,13-14H2,1-3H3,(H,32,33,34). The van der Waals surface area contributed by atoms with Crippen molar-refractivity contribution in [2.75, 3.05) is 10.2 Å². The summed E-state index contributed by atoms with van der Waals surface area (Å²) in [6.45, 7) is 6.11. The molecule has 2 unspecified atom stereocenters. The fraction of sp³-hybridized carbons (Fsp3) is 0.407. The van der Waals surface area contributed by atoms with Gasteiger partial charge in [-0.3, -0.25) is 9.88 Å². The number of fused-ring (bicyclic) bond motifs is 6. The number of hydrogen-bond acceptors (Lipinski definition) is 7. The van der Waals surface area contributed by atoms with E-state index in [0.717, 1.165) is 41.3 Å². The highest BCUT2D eigenvalue weighted by atomic mass is 19.4. The predicted molar refractivity (Wildman–Crippen MR) is 134 cm³/mol. The van der Waals surface area contributed by atoms with Gasteiger partial charge in [0.2, 0.25) is 5.95 Å². The quantitative estimate of drug-likeness (QED) is 0.432. The summed E-state index contributed by atoms with van der Waals surface area (Å²) in [5, 5.41) is 3.08. The number of benzene rings is 1. The van der Waals surface area contributed by atoms with Gasteiger partial charge in [0.1, 0.15) is 17.0 Å². The Morgan fingerprint density at radius 1 is 1.03 bits per heavy atom. The second-order valence-corrected chi connectivity index (χ2v) is 10.9. The van der Waals surface area contributed by atoms with Gasteiger partial charge < -0.3 is 15.0 Å². The molecule has 198 valence electrons. The number of alkyl halides is 3. The third-order valence-electron chi connectivity index (χ3n) is 7.15. The van der Waals surface area contributed by atoms with Crippen LogP contribution in [0.15, 0.2) is 42.9 Å². The van der Waals surface area contributed by atoms with E-state index in [-0.39, 0.29) is 36.5 Å². The Balaban J connectivity index is 1.27. The van der Waals surface area contributed by atoms with Crippen LogP contribution in [0.2, 0.25) is 0 Å². The number of anilines is 3. The Hall–Kier alpha value is -3.89. The molecule has 2 aromatic heterocycles. The lowest BCUT2D eigenvalue weighted by Crippen LogP contribution is -2.34. The van der Waals surface area contributed by atoms with E-state index in [1.807, 2.05) is 45.0 Å². The Bertz CT molecular complexity index is 1400. The predicted octanol–water partition coefficient (Wildman–Crippen LogP) is 6.28. The first-order valence-corrected chi connectivity index (χ1v) is 12.5. The lowest BCUT2D eigenvalue weighted by Gasteiger charge is -2.27. The molecule has 5 heterocycles. The van der Waals surface area contributed by atoms with E-state index in [9.17, 15) is 18.0 Å². The van der Waals surface area contributed by atoms with Crippen LogP contribution in [0.1, 0.15) is 73.5 Å². The maximum atomic E-state index is 13.8. The molecule has 2 bridgehead atoms. The third-order valence-corrected chi connectivity index (χ3v) is 7.15. The molecule has 1 amide bonds. The van der Waals surface area contributed by atoms with Gasteiger partial charge in [0.25, 0.3) is 0 Å². The Morgan fingerprint density at radius 2 is 1.76 bits per heavy atom. The fourth-order valence-electron chi connectivity index (χ4n) is 5.61. The van der Waals surface area contributed by atoms with E-state index in [4.69, 9.17) is 4.74 Å². The lowest BCUT2D eigenvalue weighted by molar-refractivity contribution is -0.137. The van der Waals surface area contributed by atoms with Crippen LogP contribution in [0, 0.1) is 0 Å². The van der Waals surface area contributed by atoms with Crippen LogP contribution in [-0.4, -0.2) is 31.5 Å². The van der Waals surface area contributed by atoms with Gasteiger partial charge >= 0.3 is 12.3 Å². The molecule has 3 aliphatic heterocycles. The number of amides is 1. The Morgan fingerprint density at radius 3 is 2.47 bits per heavy atom. The summed E-state index contributed by atoms with van der Waals surface area (Å²) in [5.41, 5.74) is 3.02. The van der Waals surface area contributed by atoms with E-state index in [1.165, 1.54) is 0 Å². The van der Waals surface area contributed by atoms with Crippen LogP contribution in [0.4, 0.5) is 35.4 Å². The Labute approximate surface area is 217 Å². The highest BCUT2D eigenvalue weighted by Crippen LogP contribution is 2.54. The van der Waals surface area contributed by atoms with Crippen LogP contribution < -0.4 is 10.2 Å². The molecule has 1 aromatic carbocycles. The molecular formula is C27H27F3N6O2. The van der Waals surface area contributed by atoms with E-state index in [0.29, 0.717) is 12.2 Å². The van der Waals surface area contributed by atoms with Crippen molar-refractivity contribution in [3.8, 4) is 0 Å². The van der Waals surface area contributed by atoms with Gasteiger partial charge in [-0.25, -0.2) is 9.78 Å². The highest BCUT2D eigenvalue weighted by Gasteiger charge is 2.48. The normalized spacial score (nSPS) is 19.9. The smallest absolute Gasteiger partial charge is 0.421 e. The summed E-state index contributed by atoms with van der Waals surface area (Å²) in [5.74, 6) is -0.114. The molecule has 0 spiro atoms.